The summed E-state index contributed by atoms with van der Waals surface area (Å²) in [5.41, 5.74) is 0.553. The topological polar surface area (TPSA) is 132 Å². The molecule has 1 saturated carbocycles. The number of ketones is 1. The van der Waals surface area contributed by atoms with Crippen LogP contribution in [0.5, 0.6) is 0 Å². The smallest absolute Gasteiger partial charge is 0.407 e. The van der Waals surface area contributed by atoms with E-state index in [9.17, 15) is 24.3 Å². The van der Waals surface area contributed by atoms with Gasteiger partial charge in [0.2, 0.25) is 17.6 Å². The third-order valence-corrected chi connectivity index (χ3v) is 10.8. The lowest BCUT2D eigenvalue weighted by Crippen LogP contribution is -2.61. The molecular weight excluding hydrogens is 630 g/mol. The average molecular weight is 682 g/mol. The number of carboxylic acid groups (broad SMARTS) is 1. The first kappa shape index (κ1) is 35.9. The molecular formula is C36H51N5O6S. The summed E-state index contributed by atoms with van der Waals surface area (Å²) in [4.78, 5) is 64.4. The van der Waals surface area contributed by atoms with Crippen LogP contribution in [0.3, 0.4) is 0 Å². The first-order valence-electron chi connectivity index (χ1n) is 17.4. The number of amides is 3. The molecule has 0 unspecified atom stereocenters. The fourth-order valence-electron chi connectivity index (χ4n) is 7.44. The van der Waals surface area contributed by atoms with Gasteiger partial charge >= 0.3 is 6.09 Å². The quantitative estimate of drug-likeness (QED) is 0.309. The number of hydrogen-bond acceptors (Lipinski definition) is 8. The summed E-state index contributed by atoms with van der Waals surface area (Å²) in [7, 11) is 0. The van der Waals surface area contributed by atoms with E-state index in [1.54, 1.807) is 24.4 Å². The number of thiazole rings is 1. The third-order valence-electron chi connectivity index (χ3n) is 9.86. The minimum Gasteiger partial charge on any atom is -0.465 e. The normalized spacial score (nSPS) is 23.3. The molecule has 2 N–H and O–H groups in total. The Hall–Kier alpha value is -3.35. The van der Waals surface area contributed by atoms with E-state index in [0.717, 1.165) is 50.0 Å². The monoisotopic (exact) mass is 681 g/mol. The Morgan fingerprint density at radius 3 is 2.44 bits per heavy atom. The molecule has 11 nitrogen and oxygen atoms in total. The van der Waals surface area contributed by atoms with Gasteiger partial charge in [-0.05, 0) is 44.4 Å². The Morgan fingerprint density at radius 1 is 1.08 bits per heavy atom. The summed E-state index contributed by atoms with van der Waals surface area (Å²) < 4.78 is 6.00. The van der Waals surface area contributed by atoms with Gasteiger partial charge in [0.05, 0.1) is 12.1 Å². The second-order valence-electron chi connectivity index (χ2n) is 14.7. The van der Waals surface area contributed by atoms with Crippen molar-refractivity contribution in [3.05, 3.63) is 52.0 Å². The van der Waals surface area contributed by atoms with E-state index in [0.29, 0.717) is 36.0 Å². The summed E-state index contributed by atoms with van der Waals surface area (Å²) in [6, 6.07) is 6.97. The number of ether oxygens (including phenoxy) is 1. The number of carbonyl (C=O) groups excluding carboxylic acids is 3. The van der Waals surface area contributed by atoms with E-state index >= 15 is 0 Å². The zero-order chi connectivity index (χ0) is 34.6. The molecule has 3 fully saturated rings. The maximum atomic E-state index is 14.9. The Kier molecular flexibility index (Phi) is 11.6. The number of nitrogens with zero attached hydrogens (tertiary/aromatic N) is 4. The van der Waals surface area contributed by atoms with E-state index in [2.05, 4.69) is 10.2 Å². The van der Waals surface area contributed by atoms with Crippen LogP contribution in [0, 0.1) is 11.3 Å². The van der Waals surface area contributed by atoms with Gasteiger partial charge in [-0.2, -0.15) is 0 Å². The second-order valence-corrected chi connectivity index (χ2v) is 15.6. The Labute approximate surface area is 288 Å². The van der Waals surface area contributed by atoms with Crippen LogP contribution in [0.2, 0.25) is 0 Å². The Bertz CT molecular complexity index is 1440. The Morgan fingerprint density at radius 2 is 1.79 bits per heavy atom. The number of carbonyl (C=O) groups is 4. The molecule has 3 heterocycles. The molecule has 1 aliphatic carbocycles. The molecule has 262 valence electrons. The first-order chi connectivity index (χ1) is 22.9. The van der Waals surface area contributed by atoms with E-state index in [1.165, 1.54) is 11.3 Å². The number of nitrogens with one attached hydrogen (secondary N) is 1. The van der Waals surface area contributed by atoms with Crippen molar-refractivity contribution in [1.29, 1.82) is 0 Å². The van der Waals surface area contributed by atoms with Gasteiger partial charge in [-0.25, -0.2) is 9.78 Å². The standard InChI is InChI=1S/C36H51N5O6S/c1-6-47-27-17-26-18-40(29(20-39(26)19-27)33-37-28(21-48-33)31(42)25-15-11-8-12-16-25)34(44)30(24-13-9-7-10-14-24)38-32(43)23(2)41(35(45)46)22-36(3,4)5/h8,11-12,15-16,21,23-24,26-27,29-30H,6-7,9-10,13-14,17-20,22H2,1-5H3,(H,38,43)(H,45,46)/t23-,26+,27+,29-,30-/m0/s1. The van der Waals surface area contributed by atoms with E-state index in [4.69, 9.17) is 9.72 Å². The van der Waals surface area contributed by atoms with E-state index in [1.807, 2.05) is 50.8 Å². The van der Waals surface area contributed by atoms with Gasteiger partial charge in [0.1, 0.15) is 22.8 Å². The van der Waals surface area contributed by atoms with Crippen molar-refractivity contribution in [1.82, 2.24) is 25.0 Å². The lowest BCUT2D eigenvalue weighted by atomic mass is 9.82. The van der Waals surface area contributed by atoms with Gasteiger partial charge in [-0.15, -0.1) is 11.3 Å². The zero-order valence-corrected chi connectivity index (χ0v) is 29.7. The van der Waals surface area contributed by atoms with Crippen LogP contribution in [0.4, 0.5) is 4.79 Å². The molecule has 1 aromatic carbocycles. The van der Waals surface area contributed by atoms with Crippen molar-refractivity contribution in [2.45, 2.75) is 103 Å². The average Bonchev–Trinajstić information content (AvgIpc) is 3.72. The van der Waals surface area contributed by atoms with Crippen molar-refractivity contribution in [2.75, 3.05) is 32.8 Å². The summed E-state index contributed by atoms with van der Waals surface area (Å²) in [6.07, 6.45) is 4.35. The van der Waals surface area contributed by atoms with Crippen LogP contribution >= 0.6 is 11.3 Å². The van der Waals surface area contributed by atoms with Crippen LogP contribution in [0.15, 0.2) is 35.7 Å². The molecule has 0 spiro atoms. The van der Waals surface area contributed by atoms with Gasteiger partial charge < -0.3 is 20.1 Å². The van der Waals surface area contributed by atoms with Crippen molar-refractivity contribution < 1.29 is 29.0 Å². The van der Waals surface area contributed by atoms with Crippen LogP contribution in [0.1, 0.15) is 100 Å². The molecule has 5 atom stereocenters. The summed E-state index contributed by atoms with van der Waals surface area (Å²) in [5.74, 6) is -0.867. The summed E-state index contributed by atoms with van der Waals surface area (Å²) in [5, 5.41) is 15.5. The molecule has 3 amide bonds. The molecule has 48 heavy (non-hydrogen) atoms. The molecule has 5 rings (SSSR count). The lowest BCUT2D eigenvalue weighted by Gasteiger charge is -2.45. The first-order valence-corrected chi connectivity index (χ1v) is 18.3. The highest BCUT2D eigenvalue weighted by atomic mass is 32.1. The van der Waals surface area contributed by atoms with Crippen LogP contribution in [-0.4, -0.2) is 105 Å². The van der Waals surface area contributed by atoms with E-state index < -0.39 is 30.1 Å². The molecule has 3 aliphatic rings. The number of benzene rings is 1. The molecule has 2 saturated heterocycles. The van der Waals surface area contributed by atoms with Crippen molar-refractivity contribution >= 4 is 35.0 Å². The number of fused-ring (bicyclic) bond motifs is 1. The van der Waals surface area contributed by atoms with Crippen LogP contribution in [-0.2, 0) is 14.3 Å². The van der Waals surface area contributed by atoms with Crippen molar-refractivity contribution in [2.24, 2.45) is 11.3 Å². The molecule has 12 heteroatoms. The number of rotatable bonds is 11. The predicted molar refractivity (Wildman–Crippen MR) is 184 cm³/mol. The summed E-state index contributed by atoms with van der Waals surface area (Å²) >= 11 is 1.38. The van der Waals surface area contributed by atoms with E-state index in [-0.39, 0.29) is 41.7 Å². The zero-order valence-electron chi connectivity index (χ0n) is 28.9. The van der Waals surface area contributed by atoms with Gasteiger partial charge in [0, 0.05) is 49.8 Å². The SMILES string of the molecule is CCO[C@@H]1C[C@@H]2CN(C(=O)[C@@H](NC(=O)[C@H](C)N(CC(C)(C)C)C(=O)O)C3CCCCC3)[C@H](c3nc(C(=O)c4ccccc4)cs3)CN2C1. The molecule has 2 aliphatic heterocycles. The number of aromatic nitrogens is 1. The molecule has 1 aromatic heterocycles. The van der Waals surface area contributed by atoms with Gasteiger partial charge in [-0.3, -0.25) is 24.2 Å². The Balaban J connectivity index is 1.44. The van der Waals surface area contributed by atoms with Gasteiger partial charge in [-0.1, -0.05) is 70.4 Å². The third kappa shape index (κ3) is 8.44. The highest BCUT2D eigenvalue weighted by molar-refractivity contribution is 7.10. The fraction of sp³-hybridized carbons (Fsp3) is 0.639. The molecule has 0 bridgehead atoms. The van der Waals surface area contributed by atoms with Gasteiger partial charge in [0.25, 0.3) is 0 Å². The fourth-order valence-corrected chi connectivity index (χ4v) is 8.35. The second kappa shape index (κ2) is 15.5. The lowest BCUT2D eigenvalue weighted by molar-refractivity contribution is -0.144. The summed E-state index contributed by atoms with van der Waals surface area (Å²) in [6.45, 7) is 11.9. The molecule has 0 radical (unpaired) electrons. The number of hydrogen-bond donors (Lipinski definition) is 2. The maximum Gasteiger partial charge on any atom is 0.407 e. The minimum atomic E-state index is -1.17. The van der Waals surface area contributed by atoms with Crippen LogP contribution in [0.25, 0.3) is 0 Å². The predicted octanol–water partition coefficient (Wildman–Crippen LogP) is 5.22. The largest absolute Gasteiger partial charge is 0.465 e. The number of piperazine rings is 1. The highest BCUT2D eigenvalue weighted by Gasteiger charge is 2.46. The van der Waals surface area contributed by atoms with Crippen molar-refractivity contribution in [3.8, 4) is 0 Å². The van der Waals surface area contributed by atoms with Gasteiger partial charge in [0.15, 0.2) is 0 Å². The maximum absolute atomic E-state index is 14.9. The molecule has 2 aromatic rings. The van der Waals surface area contributed by atoms with Crippen LogP contribution < -0.4 is 5.32 Å². The van der Waals surface area contributed by atoms with Crippen molar-refractivity contribution in [3.63, 3.8) is 0 Å². The highest BCUT2D eigenvalue weighted by Crippen LogP contribution is 2.37. The minimum absolute atomic E-state index is 0.0618.